The van der Waals surface area contributed by atoms with E-state index >= 15 is 0 Å². The average molecular weight is 235 g/mol. The van der Waals surface area contributed by atoms with Crippen molar-refractivity contribution in [2.75, 3.05) is 12.4 Å². The van der Waals surface area contributed by atoms with E-state index in [1.165, 1.54) is 0 Å². The summed E-state index contributed by atoms with van der Waals surface area (Å²) in [6, 6.07) is 4.08. The van der Waals surface area contributed by atoms with Crippen LogP contribution in [0.2, 0.25) is 0 Å². The number of amides is 1. The normalized spacial score (nSPS) is 12.3. The highest BCUT2D eigenvalue weighted by Crippen LogP contribution is 2.15. The molecule has 1 aromatic rings. The van der Waals surface area contributed by atoms with Crippen molar-refractivity contribution in [1.82, 2.24) is 10.3 Å². The molecule has 1 amide bonds. The second-order valence-electron chi connectivity index (χ2n) is 4.41. The van der Waals surface area contributed by atoms with Gasteiger partial charge >= 0.3 is 0 Å². The van der Waals surface area contributed by atoms with Gasteiger partial charge in [-0.05, 0) is 24.5 Å². The summed E-state index contributed by atoms with van der Waals surface area (Å²) in [5, 5.41) is 6.00. The molecular formula is C13H21N3O. The fraction of sp³-hybridized carbons (Fsp3) is 0.538. The maximum Gasteiger partial charge on any atom is 0.269 e. The topological polar surface area (TPSA) is 54.0 Å². The monoisotopic (exact) mass is 235 g/mol. The van der Waals surface area contributed by atoms with Gasteiger partial charge in [-0.25, -0.2) is 0 Å². The molecule has 17 heavy (non-hydrogen) atoms. The number of carbonyl (C=O) groups is 1. The molecule has 94 valence electrons. The van der Waals surface area contributed by atoms with Crippen LogP contribution in [0.5, 0.6) is 0 Å². The van der Waals surface area contributed by atoms with Crippen LogP contribution >= 0.6 is 0 Å². The molecule has 0 fully saturated rings. The van der Waals surface area contributed by atoms with Gasteiger partial charge in [0.2, 0.25) is 0 Å². The summed E-state index contributed by atoms with van der Waals surface area (Å²) in [4.78, 5) is 15.5. The van der Waals surface area contributed by atoms with E-state index in [2.05, 4.69) is 36.4 Å². The third-order valence-electron chi connectivity index (χ3n) is 2.82. The van der Waals surface area contributed by atoms with E-state index in [4.69, 9.17) is 0 Å². The highest BCUT2D eigenvalue weighted by molar-refractivity contribution is 5.92. The summed E-state index contributed by atoms with van der Waals surface area (Å²) in [6.07, 6.45) is 2.70. The van der Waals surface area contributed by atoms with Crippen LogP contribution < -0.4 is 10.6 Å². The van der Waals surface area contributed by atoms with Gasteiger partial charge in [-0.1, -0.05) is 20.8 Å². The Kier molecular flexibility index (Phi) is 4.94. The van der Waals surface area contributed by atoms with E-state index in [9.17, 15) is 4.79 Å². The molecule has 1 unspecified atom stereocenters. The second-order valence-corrected chi connectivity index (χ2v) is 4.41. The minimum Gasteiger partial charge on any atom is -0.382 e. The quantitative estimate of drug-likeness (QED) is 0.823. The number of rotatable bonds is 5. The van der Waals surface area contributed by atoms with Gasteiger partial charge in [0.05, 0.1) is 0 Å². The Hall–Kier alpha value is -1.58. The Balaban J connectivity index is 2.81. The molecule has 2 N–H and O–H groups in total. The summed E-state index contributed by atoms with van der Waals surface area (Å²) in [7, 11) is 1.60. The van der Waals surface area contributed by atoms with Crippen molar-refractivity contribution >= 4 is 11.6 Å². The average Bonchev–Trinajstić information content (AvgIpc) is 2.34. The number of nitrogens with one attached hydrogen (secondary N) is 2. The summed E-state index contributed by atoms with van der Waals surface area (Å²) in [5.41, 5.74) is 1.38. The zero-order chi connectivity index (χ0) is 12.8. The first-order valence-corrected chi connectivity index (χ1v) is 6.03. The van der Waals surface area contributed by atoms with Crippen LogP contribution in [0.3, 0.4) is 0 Å². The zero-order valence-corrected chi connectivity index (χ0v) is 10.9. The fourth-order valence-electron chi connectivity index (χ4n) is 1.73. The first-order valence-electron chi connectivity index (χ1n) is 6.03. The maximum atomic E-state index is 11.5. The summed E-state index contributed by atoms with van der Waals surface area (Å²) in [6.45, 7) is 6.52. The number of aromatic nitrogens is 1. The molecule has 1 atom stereocenters. The van der Waals surface area contributed by atoms with Gasteiger partial charge in [0.1, 0.15) is 5.69 Å². The van der Waals surface area contributed by atoms with E-state index < -0.39 is 0 Å². The molecule has 0 saturated heterocycles. The molecule has 0 radical (unpaired) electrons. The number of carbonyl (C=O) groups excluding carboxylic acids is 1. The first kappa shape index (κ1) is 13.5. The second kappa shape index (κ2) is 6.23. The Morgan fingerprint density at radius 2 is 2.18 bits per heavy atom. The molecule has 4 heteroatoms. The molecule has 1 heterocycles. The predicted octanol–water partition coefficient (Wildman–Crippen LogP) is 2.29. The Morgan fingerprint density at radius 3 is 2.71 bits per heavy atom. The van der Waals surface area contributed by atoms with Crippen LogP contribution in [-0.4, -0.2) is 24.0 Å². The van der Waals surface area contributed by atoms with Gasteiger partial charge in [0.25, 0.3) is 5.91 Å². The lowest BCUT2D eigenvalue weighted by Crippen LogP contribution is -2.25. The highest BCUT2D eigenvalue weighted by Gasteiger charge is 2.12. The van der Waals surface area contributed by atoms with E-state index in [0.29, 0.717) is 17.7 Å². The van der Waals surface area contributed by atoms with Crippen LogP contribution in [0.4, 0.5) is 5.69 Å². The van der Waals surface area contributed by atoms with E-state index in [1.54, 1.807) is 19.3 Å². The van der Waals surface area contributed by atoms with E-state index in [1.807, 2.05) is 6.07 Å². The Labute approximate surface area is 103 Å². The lowest BCUT2D eigenvalue weighted by Gasteiger charge is -2.22. The first-order chi connectivity index (χ1) is 8.08. The summed E-state index contributed by atoms with van der Waals surface area (Å²) < 4.78 is 0. The van der Waals surface area contributed by atoms with Crippen LogP contribution in [0, 0.1) is 5.92 Å². The Bertz CT molecular complexity index is 377. The van der Waals surface area contributed by atoms with E-state index in [0.717, 1.165) is 12.1 Å². The molecule has 1 aromatic heterocycles. The third-order valence-corrected chi connectivity index (χ3v) is 2.82. The number of hydrogen-bond acceptors (Lipinski definition) is 3. The van der Waals surface area contributed by atoms with Gasteiger partial charge < -0.3 is 10.6 Å². The predicted molar refractivity (Wildman–Crippen MR) is 70.2 cm³/mol. The van der Waals surface area contributed by atoms with E-state index in [-0.39, 0.29) is 5.91 Å². The van der Waals surface area contributed by atoms with Crippen LogP contribution in [0.1, 0.15) is 37.7 Å². The summed E-state index contributed by atoms with van der Waals surface area (Å²) >= 11 is 0. The van der Waals surface area contributed by atoms with Crippen molar-refractivity contribution in [2.24, 2.45) is 5.92 Å². The Morgan fingerprint density at radius 1 is 1.47 bits per heavy atom. The lowest BCUT2D eigenvalue weighted by atomic mass is 10.0. The van der Waals surface area contributed by atoms with Crippen molar-refractivity contribution in [3.05, 3.63) is 24.0 Å². The van der Waals surface area contributed by atoms with Gasteiger partial charge in [0, 0.05) is 25.0 Å². The SMILES string of the molecule is CCC(Nc1ccnc(C(=O)NC)c1)C(C)C. The fourth-order valence-corrected chi connectivity index (χ4v) is 1.73. The van der Waals surface area contributed by atoms with Crippen molar-refractivity contribution in [3.63, 3.8) is 0 Å². The van der Waals surface area contributed by atoms with Crippen molar-refractivity contribution in [2.45, 2.75) is 33.2 Å². The third kappa shape index (κ3) is 3.73. The van der Waals surface area contributed by atoms with Gasteiger partial charge in [0.15, 0.2) is 0 Å². The number of nitrogens with zero attached hydrogens (tertiary/aromatic N) is 1. The summed E-state index contributed by atoms with van der Waals surface area (Å²) in [5.74, 6) is 0.392. The van der Waals surface area contributed by atoms with Gasteiger partial charge in [-0.15, -0.1) is 0 Å². The zero-order valence-electron chi connectivity index (χ0n) is 10.9. The minimum atomic E-state index is -0.161. The molecule has 1 rings (SSSR count). The standard InChI is InChI=1S/C13H21N3O/c1-5-11(9(2)3)16-10-6-7-15-12(8-10)13(17)14-4/h6-9,11H,5H2,1-4H3,(H,14,17)(H,15,16). The largest absolute Gasteiger partial charge is 0.382 e. The molecule has 0 aliphatic heterocycles. The number of anilines is 1. The molecule has 0 spiro atoms. The molecule has 4 nitrogen and oxygen atoms in total. The minimum absolute atomic E-state index is 0.161. The molecule has 0 saturated carbocycles. The van der Waals surface area contributed by atoms with Gasteiger partial charge in [-0.2, -0.15) is 0 Å². The molecule has 0 aliphatic carbocycles. The van der Waals surface area contributed by atoms with Crippen molar-refractivity contribution in [1.29, 1.82) is 0 Å². The highest BCUT2D eigenvalue weighted by atomic mass is 16.1. The smallest absolute Gasteiger partial charge is 0.269 e. The number of pyridine rings is 1. The molecule has 0 aliphatic rings. The molecule has 0 bridgehead atoms. The van der Waals surface area contributed by atoms with Crippen LogP contribution in [-0.2, 0) is 0 Å². The van der Waals surface area contributed by atoms with Crippen LogP contribution in [0.25, 0.3) is 0 Å². The van der Waals surface area contributed by atoms with Crippen molar-refractivity contribution < 1.29 is 4.79 Å². The number of hydrogen-bond donors (Lipinski definition) is 2. The van der Waals surface area contributed by atoms with Crippen molar-refractivity contribution in [3.8, 4) is 0 Å². The van der Waals surface area contributed by atoms with Crippen LogP contribution in [0.15, 0.2) is 18.3 Å². The maximum absolute atomic E-state index is 11.5. The molecule has 0 aromatic carbocycles. The van der Waals surface area contributed by atoms with Gasteiger partial charge in [-0.3, -0.25) is 9.78 Å². The lowest BCUT2D eigenvalue weighted by molar-refractivity contribution is 0.0958. The molecular weight excluding hydrogens is 214 g/mol.